The SMILES string of the molecule is C=CCc1cc(C(C)(C)c2ccc(OC(C)OC(=O)C=C)c(CC=C)c2)ccc1OC(C)OC(=O)C=C. The fraction of sp³-hybridized carbons (Fsp3) is 0.290. The molecular formula is C31H36O6. The smallest absolute Gasteiger partial charge is 0.333 e. The van der Waals surface area contributed by atoms with Crippen LogP contribution in [0.5, 0.6) is 11.5 Å². The molecule has 0 amide bonds. The minimum atomic E-state index is -0.768. The maximum absolute atomic E-state index is 11.5. The number of carbonyl (C=O) groups is 2. The van der Waals surface area contributed by atoms with E-state index in [-0.39, 0.29) is 5.41 Å². The van der Waals surface area contributed by atoms with Gasteiger partial charge < -0.3 is 18.9 Å². The summed E-state index contributed by atoms with van der Waals surface area (Å²) in [4.78, 5) is 23.0. The summed E-state index contributed by atoms with van der Waals surface area (Å²) in [5, 5.41) is 0. The molecule has 0 radical (unpaired) electrons. The van der Waals surface area contributed by atoms with Crippen molar-refractivity contribution in [3.63, 3.8) is 0 Å². The van der Waals surface area contributed by atoms with Crippen molar-refractivity contribution in [2.45, 2.75) is 58.5 Å². The van der Waals surface area contributed by atoms with Crippen LogP contribution >= 0.6 is 0 Å². The van der Waals surface area contributed by atoms with Crippen LogP contribution in [0.4, 0.5) is 0 Å². The van der Waals surface area contributed by atoms with Gasteiger partial charge >= 0.3 is 11.9 Å². The van der Waals surface area contributed by atoms with Gasteiger partial charge in [-0.1, -0.05) is 63.4 Å². The number of allylic oxidation sites excluding steroid dienone is 2. The molecule has 0 bridgehead atoms. The first kappa shape index (κ1) is 29.2. The number of benzene rings is 2. The number of ether oxygens (including phenoxy) is 4. The van der Waals surface area contributed by atoms with Crippen molar-refractivity contribution in [2.24, 2.45) is 0 Å². The summed E-state index contributed by atoms with van der Waals surface area (Å²) in [6.45, 7) is 22.1. The van der Waals surface area contributed by atoms with Gasteiger partial charge in [0.25, 0.3) is 0 Å². The fourth-order valence-corrected chi connectivity index (χ4v) is 3.79. The molecule has 0 aliphatic heterocycles. The number of hydrogen-bond acceptors (Lipinski definition) is 6. The Labute approximate surface area is 219 Å². The molecule has 2 rings (SSSR count). The molecule has 0 saturated carbocycles. The van der Waals surface area contributed by atoms with Crippen LogP contribution < -0.4 is 9.47 Å². The summed E-state index contributed by atoms with van der Waals surface area (Å²) in [7, 11) is 0. The van der Waals surface area contributed by atoms with Crippen LogP contribution in [0, 0.1) is 0 Å². The second-order valence-corrected chi connectivity index (χ2v) is 8.91. The molecule has 0 fully saturated rings. The first-order valence-corrected chi connectivity index (χ1v) is 12.0. The Hall–Kier alpha value is -4.06. The first-order valence-electron chi connectivity index (χ1n) is 12.0. The van der Waals surface area contributed by atoms with E-state index in [4.69, 9.17) is 18.9 Å². The first-order chi connectivity index (χ1) is 17.5. The van der Waals surface area contributed by atoms with Gasteiger partial charge in [0.15, 0.2) is 0 Å². The van der Waals surface area contributed by atoms with E-state index >= 15 is 0 Å². The monoisotopic (exact) mass is 504 g/mol. The van der Waals surface area contributed by atoms with E-state index in [9.17, 15) is 9.59 Å². The Morgan fingerprint density at radius 1 is 0.757 bits per heavy atom. The third-order valence-corrected chi connectivity index (χ3v) is 5.78. The molecule has 0 aliphatic rings. The standard InChI is InChI=1S/C31H36O6/c1-9-13-23-19-25(15-17-27(23)34-21(5)36-29(32)11-3)31(7,8)26-16-18-28(24(20-26)14-10-2)35-22(6)37-30(33)12-4/h9-12,15-22H,1-4,13-14H2,5-8H3. The summed E-state index contributed by atoms with van der Waals surface area (Å²) < 4.78 is 22.0. The molecule has 0 saturated heterocycles. The van der Waals surface area contributed by atoms with Gasteiger partial charge in [0.2, 0.25) is 12.6 Å². The second-order valence-electron chi connectivity index (χ2n) is 8.91. The molecule has 0 spiro atoms. The van der Waals surface area contributed by atoms with E-state index in [1.54, 1.807) is 26.0 Å². The van der Waals surface area contributed by atoms with Crippen LogP contribution in [-0.2, 0) is 37.3 Å². The van der Waals surface area contributed by atoms with Crippen LogP contribution in [0.1, 0.15) is 49.9 Å². The summed E-state index contributed by atoms with van der Waals surface area (Å²) in [6.07, 6.45) is 5.42. The van der Waals surface area contributed by atoms with Gasteiger partial charge in [0, 0.05) is 31.4 Å². The zero-order valence-electron chi connectivity index (χ0n) is 22.1. The zero-order valence-corrected chi connectivity index (χ0v) is 22.1. The average molecular weight is 505 g/mol. The van der Waals surface area contributed by atoms with Crippen molar-refractivity contribution >= 4 is 11.9 Å². The number of rotatable bonds is 14. The quantitative estimate of drug-likeness (QED) is 0.129. The lowest BCUT2D eigenvalue weighted by atomic mass is 9.76. The molecule has 2 unspecified atom stereocenters. The lowest BCUT2D eigenvalue weighted by Crippen LogP contribution is -2.22. The van der Waals surface area contributed by atoms with Crippen molar-refractivity contribution in [3.05, 3.63) is 109 Å². The summed E-state index contributed by atoms with van der Waals surface area (Å²) in [6, 6.07) is 11.9. The van der Waals surface area contributed by atoms with Gasteiger partial charge in [-0.2, -0.15) is 0 Å². The lowest BCUT2D eigenvalue weighted by Gasteiger charge is -2.29. The van der Waals surface area contributed by atoms with Gasteiger partial charge in [0.1, 0.15) is 11.5 Å². The van der Waals surface area contributed by atoms with E-state index < -0.39 is 24.5 Å². The highest BCUT2D eigenvalue weighted by Gasteiger charge is 2.26. The average Bonchev–Trinajstić information content (AvgIpc) is 2.85. The van der Waals surface area contributed by atoms with Gasteiger partial charge in [-0.25, -0.2) is 9.59 Å². The Morgan fingerprint density at radius 3 is 1.46 bits per heavy atom. The minimum Gasteiger partial charge on any atom is -0.455 e. The molecule has 6 heteroatoms. The maximum atomic E-state index is 11.5. The predicted octanol–water partition coefficient (Wildman–Crippen LogP) is 6.38. The largest absolute Gasteiger partial charge is 0.455 e. The van der Waals surface area contributed by atoms with Crippen molar-refractivity contribution in [1.29, 1.82) is 0 Å². The summed E-state index contributed by atoms with van der Waals surface area (Å²) >= 11 is 0. The van der Waals surface area contributed by atoms with Gasteiger partial charge in [-0.3, -0.25) is 0 Å². The topological polar surface area (TPSA) is 71.1 Å². The van der Waals surface area contributed by atoms with Crippen molar-refractivity contribution < 1.29 is 28.5 Å². The van der Waals surface area contributed by atoms with Crippen LogP contribution in [0.15, 0.2) is 87.0 Å². The zero-order chi connectivity index (χ0) is 27.6. The molecule has 196 valence electrons. The molecule has 6 nitrogen and oxygen atoms in total. The number of carbonyl (C=O) groups excluding carboxylic acids is 2. The maximum Gasteiger partial charge on any atom is 0.333 e. The minimum absolute atomic E-state index is 0.370. The van der Waals surface area contributed by atoms with Crippen molar-refractivity contribution in [2.75, 3.05) is 0 Å². The molecule has 0 aliphatic carbocycles. The molecule has 0 N–H and O–H groups in total. The van der Waals surface area contributed by atoms with Crippen LogP contribution in [0.25, 0.3) is 0 Å². The van der Waals surface area contributed by atoms with E-state index in [1.807, 2.05) is 24.3 Å². The molecule has 2 aromatic rings. The van der Waals surface area contributed by atoms with E-state index in [0.717, 1.165) is 34.4 Å². The van der Waals surface area contributed by atoms with E-state index in [0.29, 0.717) is 24.3 Å². The van der Waals surface area contributed by atoms with Crippen LogP contribution in [0.2, 0.25) is 0 Å². The summed E-state index contributed by atoms with van der Waals surface area (Å²) in [5.74, 6) is 0.129. The third kappa shape index (κ3) is 7.97. The van der Waals surface area contributed by atoms with E-state index in [1.165, 1.54) is 0 Å². The molecule has 37 heavy (non-hydrogen) atoms. The molecule has 0 aromatic heterocycles. The Balaban J connectivity index is 2.38. The Morgan fingerprint density at radius 2 is 1.14 bits per heavy atom. The lowest BCUT2D eigenvalue weighted by molar-refractivity contribution is -0.156. The van der Waals surface area contributed by atoms with Crippen LogP contribution in [0.3, 0.4) is 0 Å². The van der Waals surface area contributed by atoms with Crippen LogP contribution in [-0.4, -0.2) is 24.5 Å². The number of esters is 2. The van der Waals surface area contributed by atoms with E-state index in [2.05, 4.69) is 52.3 Å². The second kappa shape index (κ2) is 13.3. The van der Waals surface area contributed by atoms with Crippen molar-refractivity contribution in [1.82, 2.24) is 0 Å². The molecule has 2 atom stereocenters. The highest BCUT2D eigenvalue weighted by atomic mass is 16.7. The molecule has 0 heterocycles. The Kier molecular flexibility index (Phi) is 10.5. The normalized spacial score (nSPS) is 12.4. The predicted molar refractivity (Wildman–Crippen MR) is 146 cm³/mol. The molecule has 2 aromatic carbocycles. The Bertz CT molecular complexity index is 1070. The van der Waals surface area contributed by atoms with Gasteiger partial charge in [-0.15, -0.1) is 13.2 Å². The third-order valence-electron chi connectivity index (χ3n) is 5.78. The highest BCUT2D eigenvalue weighted by Crippen LogP contribution is 2.37. The van der Waals surface area contributed by atoms with Gasteiger partial charge in [0.05, 0.1) is 0 Å². The fourth-order valence-electron chi connectivity index (χ4n) is 3.79. The number of hydrogen-bond donors (Lipinski definition) is 0. The van der Waals surface area contributed by atoms with Gasteiger partial charge in [-0.05, 0) is 47.2 Å². The molecular weight excluding hydrogens is 468 g/mol. The highest BCUT2D eigenvalue weighted by molar-refractivity contribution is 5.81. The summed E-state index contributed by atoms with van der Waals surface area (Å²) in [5.41, 5.74) is 3.61. The van der Waals surface area contributed by atoms with Crippen molar-refractivity contribution in [3.8, 4) is 11.5 Å².